The Morgan fingerprint density at radius 1 is 0.523 bits per heavy atom. The minimum absolute atomic E-state index is 0.0536. The first-order valence-corrected chi connectivity index (χ1v) is 15.9. The molecule has 0 rings (SSSR count). The number of unbranched alkanes of at least 4 members (excludes halogenated alkanes) is 1. The van der Waals surface area contributed by atoms with Crippen molar-refractivity contribution in [3.05, 3.63) is 12.2 Å². The quantitative estimate of drug-likeness (QED) is 0.0388. The molecular formula is C32H62O12. The number of rotatable bonds is 30. The molecule has 44 heavy (non-hydrogen) atoms. The highest BCUT2D eigenvalue weighted by atomic mass is 17.1. The summed E-state index contributed by atoms with van der Waals surface area (Å²) < 4.78 is 51.3. The molecule has 262 valence electrons. The zero-order valence-electron chi connectivity index (χ0n) is 28.7. The lowest BCUT2D eigenvalue weighted by Gasteiger charge is -2.23. The molecule has 0 fully saturated rings. The molecule has 0 saturated carbocycles. The van der Waals surface area contributed by atoms with E-state index in [9.17, 15) is 4.79 Å². The molecule has 0 radical (unpaired) electrons. The minimum atomic E-state index is -0.379. The number of hydrogen-bond donors (Lipinski definition) is 1. The van der Waals surface area contributed by atoms with Crippen LogP contribution in [-0.2, 0) is 52.3 Å². The Morgan fingerprint density at radius 2 is 0.818 bits per heavy atom. The third-order valence-electron chi connectivity index (χ3n) is 6.11. The summed E-state index contributed by atoms with van der Waals surface area (Å²) in [6.07, 6.45) is 0.558. The minimum Gasteiger partial charge on any atom is -0.462 e. The summed E-state index contributed by atoms with van der Waals surface area (Å²) in [5.74, 6) is -0.356. The largest absolute Gasteiger partial charge is 0.462 e. The highest BCUT2D eigenvalue weighted by Crippen LogP contribution is 2.06. The smallest absolute Gasteiger partial charge is 0.333 e. The predicted octanol–water partition coefficient (Wildman–Crippen LogP) is 4.62. The van der Waals surface area contributed by atoms with E-state index >= 15 is 0 Å². The van der Waals surface area contributed by atoms with Crippen molar-refractivity contribution >= 4 is 5.97 Å². The zero-order chi connectivity index (χ0) is 33.3. The maximum absolute atomic E-state index is 11.3. The molecule has 0 aromatic rings. The van der Waals surface area contributed by atoms with Crippen molar-refractivity contribution in [2.24, 2.45) is 0 Å². The molecule has 0 aliphatic carbocycles. The molecule has 1 N–H and O–H groups in total. The van der Waals surface area contributed by atoms with E-state index in [-0.39, 0.29) is 54.8 Å². The number of esters is 1. The second kappa shape index (κ2) is 27.0. The van der Waals surface area contributed by atoms with Gasteiger partial charge in [0.2, 0.25) is 0 Å². The van der Waals surface area contributed by atoms with Gasteiger partial charge in [-0.05, 0) is 75.2 Å². The van der Waals surface area contributed by atoms with Gasteiger partial charge in [-0.25, -0.2) is 9.68 Å². The van der Waals surface area contributed by atoms with Crippen LogP contribution in [0.25, 0.3) is 0 Å². The van der Waals surface area contributed by atoms with Crippen LogP contribution in [0.1, 0.15) is 75.2 Å². The van der Waals surface area contributed by atoms with E-state index in [0.29, 0.717) is 71.6 Å². The number of carbonyl (C=O) groups excluding carboxylic acids is 1. The Bertz CT molecular complexity index is 709. The van der Waals surface area contributed by atoms with Gasteiger partial charge in [-0.2, -0.15) is 0 Å². The Balaban J connectivity index is 3.82. The van der Waals surface area contributed by atoms with Crippen LogP contribution in [0.5, 0.6) is 0 Å². The molecule has 0 aliphatic rings. The molecule has 0 amide bonds. The highest BCUT2D eigenvalue weighted by Gasteiger charge is 2.15. The third kappa shape index (κ3) is 26.1. The van der Waals surface area contributed by atoms with Crippen LogP contribution in [-0.4, -0.2) is 126 Å². The van der Waals surface area contributed by atoms with Gasteiger partial charge in [0.25, 0.3) is 0 Å². The zero-order valence-corrected chi connectivity index (χ0v) is 28.7. The first-order chi connectivity index (χ1) is 20.8. The molecule has 8 unspecified atom stereocenters. The third-order valence-corrected chi connectivity index (χ3v) is 6.11. The lowest BCUT2D eigenvalue weighted by molar-refractivity contribution is -0.284. The van der Waals surface area contributed by atoms with Gasteiger partial charge in [0.05, 0.1) is 102 Å². The second-order valence-corrected chi connectivity index (χ2v) is 11.6. The van der Waals surface area contributed by atoms with Crippen molar-refractivity contribution in [3.63, 3.8) is 0 Å². The average Bonchev–Trinajstić information content (AvgIpc) is 3.00. The fourth-order valence-electron chi connectivity index (χ4n) is 3.31. The van der Waals surface area contributed by atoms with Gasteiger partial charge < -0.3 is 42.6 Å². The van der Waals surface area contributed by atoms with Crippen LogP contribution in [0.3, 0.4) is 0 Å². The molecule has 0 aromatic heterocycles. The summed E-state index contributed by atoms with van der Waals surface area (Å²) in [5, 5.41) is 8.58. The van der Waals surface area contributed by atoms with E-state index in [4.69, 9.17) is 47.9 Å². The van der Waals surface area contributed by atoms with Crippen LogP contribution in [0.15, 0.2) is 12.2 Å². The lowest BCUT2D eigenvalue weighted by atomic mass is 10.3. The van der Waals surface area contributed by atoms with E-state index in [1.807, 2.05) is 48.5 Å². The van der Waals surface area contributed by atoms with Gasteiger partial charge in [0.15, 0.2) is 0 Å². The Kier molecular flexibility index (Phi) is 26.2. The van der Waals surface area contributed by atoms with Gasteiger partial charge in [-0.3, -0.25) is 5.26 Å². The van der Waals surface area contributed by atoms with E-state index in [1.54, 1.807) is 13.8 Å². The van der Waals surface area contributed by atoms with Crippen molar-refractivity contribution in [2.45, 2.75) is 124 Å². The maximum atomic E-state index is 11.3. The van der Waals surface area contributed by atoms with Crippen LogP contribution in [0.4, 0.5) is 0 Å². The van der Waals surface area contributed by atoms with E-state index in [0.717, 1.165) is 12.8 Å². The molecule has 0 bridgehead atoms. The summed E-state index contributed by atoms with van der Waals surface area (Å²) in [7, 11) is 0. The van der Waals surface area contributed by atoms with Crippen LogP contribution >= 0.6 is 0 Å². The average molecular weight is 639 g/mol. The second-order valence-electron chi connectivity index (χ2n) is 11.6. The summed E-state index contributed by atoms with van der Waals surface area (Å²) in [5.41, 5.74) is 0.407. The van der Waals surface area contributed by atoms with Crippen molar-refractivity contribution in [1.82, 2.24) is 0 Å². The highest BCUT2D eigenvalue weighted by molar-refractivity contribution is 5.86. The van der Waals surface area contributed by atoms with Crippen LogP contribution in [0.2, 0.25) is 0 Å². The summed E-state index contributed by atoms with van der Waals surface area (Å²) in [6, 6.07) is 0. The van der Waals surface area contributed by atoms with Gasteiger partial charge >= 0.3 is 5.97 Å². The summed E-state index contributed by atoms with van der Waals surface area (Å²) in [4.78, 5) is 15.5. The predicted molar refractivity (Wildman–Crippen MR) is 167 cm³/mol. The van der Waals surface area contributed by atoms with Gasteiger partial charge in [0, 0.05) is 12.2 Å². The molecule has 12 heteroatoms. The molecule has 0 heterocycles. The number of carbonyl (C=O) groups is 1. The van der Waals surface area contributed by atoms with Crippen LogP contribution < -0.4 is 0 Å². The van der Waals surface area contributed by atoms with Crippen molar-refractivity contribution in [1.29, 1.82) is 0 Å². The molecule has 0 aromatic carbocycles. The summed E-state index contributed by atoms with van der Waals surface area (Å²) in [6.45, 7) is 25.0. The Morgan fingerprint density at radius 3 is 1.14 bits per heavy atom. The monoisotopic (exact) mass is 638 g/mol. The topological polar surface area (TPSA) is 130 Å². The first-order valence-electron chi connectivity index (χ1n) is 15.9. The van der Waals surface area contributed by atoms with Crippen molar-refractivity contribution in [2.75, 3.05) is 66.1 Å². The molecular weight excluding hydrogens is 576 g/mol. The molecule has 0 spiro atoms. The maximum Gasteiger partial charge on any atom is 0.333 e. The van der Waals surface area contributed by atoms with Gasteiger partial charge in [-0.1, -0.05) is 6.58 Å². The normalized spacial score (nSPS) is 17.3. The number of ether oxygens (including phenoxy) is 9. The van der Waals surface area contributed by atoms with E-state index in [2.05, 4.69) is 11.5 Å². The SMILES string of the molecule is C=C(C)C(=O)OCCCCOCC(C)OCC(C)OCC(C)OCC(C)OCC(C)OCC(C)OCC(C)OCC(C)OO. The van der Waals surface area contributed by atoms with Crippen molar-refractivity contribution in [3.8, 4) is 0 Å². The standard InChI is InChI=1S/C32H62O12/c1-23(2)32(33)36-14-12-11-13-35-15-24(3)37-16-25(4)38-17-26(5)39-18-27(6)40-19-28(7)41-20-29(8)42-21-30(9)43-22-31(10)44-34/h24-31,34H,1,11-22H2,2-10H3. The fourth-order valence-corrected chi connectivity index (χ4v) is 3.31. The van der Waals surface area contributed by atoms with Crippen LogP contribution in [0, 0.1) is 0 Å². The molecule has 8 atom stereocenters. The fraction of sp³-hybridized carbons (Fsp3) is 0.906. The summed E-state index contributed by atoms with van der Waals surface area (Å²) >= 11 is 0. The van der Waals surface area contributed by atoms with E-state index in [1.165, 1.54) is 0 Å². The van der Waals surface area contributed by atoms with Crippen molar-refractivity contribution < 1.29 is 57.6 Å². The van der Waals surface area contributed by atoms with Gasteiger partial charge in [-0.15, -0.1) is 0 Å². The first kappa shape index (κ1) is 42.8. The molecule has 0 aliphatic heterocycles. The van der Waals surface area contributed by atoms with Gasteiger partial charge in [0.1, 0.15) is 6.10 Å². The van der Waals surface area contributed by atoms with E-state index < -0.39 is 0 Å². The lowest BCUT2D eigenvalue weighted by Crippen LogP contribution is -2.30. The Hall–Kier alpha value is -1.19. The number of hydrogen-bond acceptors (Lipinski definition) is 12. The molecule has 12 nitrogen and oxygen atoms in total. The molecule has 0 saturated heterocycles. The Labute approximate surface area is 265 Å².